The van der Waals surface area contributed by atoms with Gasteiger partial charge in [-0.3, -0.25) is 4.31 Å². The molecule has 0 amide bonds. The molecule has 1 heterocycles. The smallest absolute Gasteiger partial charge is 0.337 e. The van der Waals surface area contributed by atoms with Gasteiger partial charge in [0.1, 0.15) is 29.6 Å². The van der Waals surface area contributed by atoms with E-state index in [9.17, 15) is 17.6 Å². The van der Waals surface area contributed by atoms with Crippen molar-refractivity contribution in [2.24, 2.45) is 0 Å². The van der Waals surface area contributed by atoms with Gasteiger partial charge in [-0.15, -0.1) is 0 Å². The third kappa shape index (κ3) is 5.76. The lowest BCUT2D eigenvalue weighted by molar-refractivity contribution is 0.0600. The number of anilines is 1. The lowest BCUT2D eigenvalue weighted by Gasteiger charge is -2.21. The Labute approximate surface area is 231 Å². The highest BCUT2D eigenvalue weighted by Crippen LogP contribution is 2.35. The summed E-state index contributed by atoms with van der Waals surface area (Å²) in [6.45, 7) is 3.88. The van der Waals surface area contributed by atoms with Gasteiger partial charge in [-0.2, -0.15) is 0 Å². The van der Waals surface area contributed by atoms with Gasteiger partial charge in [0.05, 0.1) is 33.8 Å². The summed E-state index contributed by atoms with van der Waals surface area (Å²) >= 11 is 6.47. The summed E-state index contributed by atoms with van der Waals surface area (Å²) in [7, 11) is -1.48. The molecule has 0 saturated heterocycles. The molecular weight excluding hydrogens is 547 g/mol. The molecule has 11 heteroatoms. The highest BCUT2D eigenvalue weighted by Gasteiger charge is 2.25. The number of benzene rings is 3. The number of halogens is 2. The zero-order valence-corrected chi connectivity index (χ0v) is 23.2. The molecule has 39 heavy (non-hydrogen) atoms. The molecule has 0 bridgehead atoms. The average molecular weight is 573 g/mol. The van der Waals surface area contributed by atoms with Crippen molar-refractivity contribution in [3.63, 3.8) is 0 Å². The van der Waals surface area contributed by atoms with Crippen LogP contribution in [0.5, 0.6) is 5.75 Å². The standard InChI is InChI=1S/C28H26ClFN2O6S/c1-17(2)27-22(26(31-38-27)21-10-5-6-11-24(21)30)16-37-19-12-13-25(23(29)15-19)32(3)39(34,35)20-9-7-8-18(14-20)28(33)36-4/h5-15,17H,16H2,1-4H3. The minimum atomic E-state index is -4.05. The molecule has 4 aromatic rings. The number of rotatable bonds is 9. The first-order chi connectivity index (χ1) is 18.5. The predicted octanol–water partition coefficient (Wildman–Crippen LogP) is 6.45. The van der Waals surface area contributed by atoms with Crippen molar-refractivity contribution in [1.82, 2.24) is 5.16 Å². The van der Waals surface area contributed by atoms with E-state index in [0.29, 0.717) is 28.3 Å². The van der Waals surface area contributed by atoms with Crippen molar-refractivity contribution in [1.29, 1.82) is 0 Å². The highest BCUT2D eigenvalue weighted by atomic mass is 35.5. The van der Waals surface area contributed by atoms with E-state index in [-0.39, 0.29) is 33.7 Å². The lowest BCUT2D eigenvalue weighted by Crippen LogP contribution is -2.27. The zero-order valence-electron chi connectivity index (χ0n) is 21.6. The highest BCUT2D eigenvalue weighted by molar-refractivity contribution is 7.92. The second-order valence-electron chi connectivity index (χ2n) is 8.90. The average Bonchev–Trinajstić information content (AvgIpc) is 3.35. The molecule has 0 N–H and O–H groups in total. The van der Waals surface area contributed by atoms with Gasteiger partial charge in [0.15, 0.2) is 0 Å². The van der Waals surface area contributed by atoms with Crippen LogP contribution in [0.4, 0.5) is 10.1 Å². The zero-order chi connectivity index (χ0) is 28.3. The number of esters is 1. The Morgan fingerprint density at radius 2 is 1.85 bits per heavy atom. The summed E-state index contributed by atoms with van der Waals surface area (Å²) < 4.78 is 58.2. The van der Waals surface area contributed by atoms with Crippen LogP contribution in [0.25, 0.3) is 11.3 Å². The normalized spacial score (nSPS) is 11.5. The largest absolute Gasteiger partial charge is 0.489 e. The van der Waals surface area contributed by atoms with E-state index < -0.39 is 21.8 Å². The van der Waals surface area contributed by atoms with E-state index in [2.05, 4.69) is 9.89 Å². The van der Waals surface area contributed by atoms with Crippen molar-refractivity contribution in [2.75, 3.05) is 18.5 Å². The van der Waals surface area contributed by atoms with Gasteiger partial charge in [-0.05, 0) is 42.5 Å². The van der Waals surface area contributed by atoms with Gasteiger partial charge in [-0.25, -0.2) is 17.6 Å². The number of nitrogens with zero attached hydrogens (tertiary/aromatic N) is 2. The van der Waals surface area contributed by atoms with Crippen molar-refractivity contribution in [2.45, 2.75) is 31.3 Å². The molecule has 0 spiro atoms. The molecule has 0 aliphatic heterocycles. The Kier molecular flexibility index (Phi) is 8.27. The Morgan fingerprint density at radius 3 is 2.51 bits per heavy atom. The second-order valence-corrected chi connectivity index (χ2v) is 11.3. The van der Waals surface area contributed by atoms with E-state index in [4.69, 9.17) is 20.9 Å². The molecule has 0 fully saturated rings. The molecule has 4 rings (SSSR count). The van der Waals surface area contributed by atoms with Gasteiger partial charge in [0, 0.05) is 24.6 Å². The molecule has 8 nitrogen and oxygen atoms in total. The van der Waals surface area contributed by atoms with Crippen molar-refractivity contribution < 1.29 is 31.6 Å². The maximum atomic E-state index is 14.5. The molecule has 3 aromatic carbocycles. The van der Waals surface area contributed by atoms with E-state index >= 15 is 0 Å². The van der Waals surface area contributed by atoms with Crippen LogP contribution in [-0.2, 0) is 21.4 Å². The van der Waals surface area contributed by atoms with Crippen LogP contribution in [0.1, 0.15) is 41.4 Å². The molecule has 0 atom stereocenters. The van der Waals surface area contributed by atoms with Gasteiger partial charge in [0.2, 0.25) is 0 Å². The third-order valence-corrected chi connectivity index (χ3v) is 8.10. The summed E-state index contributed by atoms with van der Waals surface area (Å²) in [4.78, 5) is 11.8. The summed E-state index contributed by atoms with van der Waals surface area (Å²) in [6.07, 6.45) is 0. The first kappa shape index (κ1) is 28.1. The molecule has 0 saturated carbocycles. The first-order valence-corrected chi connectivity index (χ1v) is 13.7. The summed E-state index contributed by atoms with van der Waals surface area (Å²) in [5, 5.41) is 4.21. The van der Waals surface area contributed by atoms with Gasteiger partial charge >= 0.3 is 5.97 Å². The Bertz CT molecular complexity index is 1620. The Hall–Kier alpha value is -3.89. The van der Waals surface area contributed by atoms with Gasteiger partial charge in [0.25, 0.3) is 10.0 Å². The van der Waals surface area contributed by atoms with Crippen LogP contribution in [0, 0.1) is 5.82 Å². The third-order valence-electron chi connectivity index (χ3n) is 6.03. The number of aromatic nitrogens is 1. The van der Waals surface area contributed by atoms with Crippen LogP contribution in [0.2, 0.25) is 5.02 Å². The van der Waals surface area contributed by atoms with E-state index in [0.717, 1.165) is 4.31 Å². The summed E-state index contributed by atoms with van der Waals surface area (Å²) in [5.74, 6) is -0.190. The predicted molar refractivity (Wildman–Crippen MR) is 145 cm³/mol. The summed E-state index contributed by atoms with van der Waals surface area (Å²) in [6, 6.07) is 16.4. The lowest BCUT2D eigenvalue weighted by atomic mass is 10.0. The molecular formula is C28H26ClFN2O6S. The van der Waals surface area contributed by atoms with Crippen LogP contribution in [0.15, 0.2) is 76.1 Å². The van der Waals surface area contributed by atoms with Crippen LogP contribution < -0.4 is 9.04 Å². The number of sulfonamides is 1. The minimum absolute atomic E-state index is 0.0187. The van der Waals surface area contributed by atoms with Crippen molar-refractivity contribution in [3.05, 3.63) is 94.5 Å². The fourth-order valence-corrected chi connectivity index (χ4v) is 5.57. The molecule has 204 valence electrons. The maximum absolute atomic E-state index is 14.5. The molecule has 1 aromatic heterocycles. The molecule has 0 aliphatic carbocycles. The minimum Gasteiger partial charge on any atom is -0.489 e. The monoisotopic (exact) mass is 572 g/mol. The number of carbonyl (C=O) groups excluding carboxylic acids is 1. The number of ether oxygens (including phenoxy) is 2. The second kappa shape index (κ2) is 11.5. The first-order valence-electron chi connectivity index (χ1n) is 11.9. The Morgan fingerprint density at radius 1 is 1.10 bits per heavy atom. The number of methoxy groups -OCH3 is 1. The van der Waals surface area contributed by atoms with Crippen LogP contribution >= 0.6 is 11.6 Å². The molecule has 0 unspecified atom stereocenters. The molecule has 0 aliphatic rings. The number of hydrogen-bond acceptors (Lipinski definition) is 7. The van der Waals surface area contributed by atoms with Crippen molar-refractivity contribution in [3.8, 4) is 17.0 Å². The number of carbonyl (C=O) groups is 1. The summed E-state index contributed by atoms with van der Waals surface area (Å²) in [5.41, 5.74) is 1.54. The fourth-order valence-electron chi connectivity index (χ4n) is 3.96. The maximum Gasteiger partial charge on any atom is 0.337 e. The van der Waals surface area contributed by atoms with E-state index in [1.165, 1.54) is 56.6 Å². The topological polar surface area (TPSA) is 98.9 Å². The number of hydrogen-bond donors (Lipinski definition) is 0. The van der Waals surface area contributed by atoms with Gasteiger partial charge in [-0.1, -0.05) is 48.8 Å². The van der Waals surface area contributed by atoms with Crippen LogP contribution in [0.3, 0.4) is 0 Å². The molecule has 0 radical (unpaired) electrons. The SMILES string of the molecule is COC(=O)c1cccc(S(=O)(=O)N(C)c2ccc(OCc3c(-c4ccccc4F)noc3C(C)C)cc2Cl)c1. The fraction of sp³-hybridized carbons (Fsp3) is 0.214. The van der Waals surface area contributed by atoms with E-state index in [1.54, 1.807) is 24.3 Å². The van der Waals surface area contributed by atoms with Crippen molar-refractivity contribution >= 4 is 33.3 Å². The quantitative estimate of drug-likeness (QED) is 0.213. The Balaban J connectivity index is 1.58. The van der Waals surface area contributed by atoms with E-state index in [1.807, 2.05) is 13.8 Å². The van der Waals surface area contributed by atoms with Crippen LogP contribution in [-0.4, -0.2) is 33.7 Å². The van der Waals surface area contributed by atoms with Gasteiger partial charge < -0.3 is 14.0 Å².